The lowest BCUT2D eigenvalue weighted by molar-refractivity contribution is -0.167. The van der Waals surface area contributed by atoms with Crippen molar-refractivity contribution in [2.75, 3.05) is 13.2 Å². The van der Waals surface area contributed by atoms with Crippen LogP contribution in [0.3, 0.4) is 0 Å². The number of carbonyl (C=O) groups is 3. The van der Waals surface area contributed by atoms with Crippen LogP contribution >= 0.6 is 0 Å². The molecule has 0 aliphatic rings. The maximum atomic E-state index is 12.8. The van der Waals surface area contributed by atoms with Crippen molar-refractivity contribution in [1.29, 1.82) is 0 Å². The van der Waals surface area contributed by atoms with Gasteiger partial charge < -0.3 is 14.2 Å². The van der Waals surface area contributed by atoms with Crippen LogP contribution in [0.1, 0.15) is 310 Å². The number of unbranched alkanes of at least 4 members (excludes halogenated alkanes) is 38. The average Bonchev–Trinajstić information content (AvgIpc) is 3.27. The quantitative estimate of drug-likeness (QED) is 0.0262. The maximum Gasteiger partial charge on any atom is 0.306 e. The second-order valence-corrected chi connectivity index (χ2v) is 18.9. The molecule has 0 saturated heterocycles. The molecule has 62 heavy (non-hydrogen) atoms. The molecule has 1 atom stereocenters. The lowest BCUT2D eigenvalue weighted by Crippen LogP contribution is -2.30. The number of ether oxygens (including phenoxy) is 3. The second-order valence-electron chi connectivity index (χ2n) is 18.9. The molecule has 6 nitrogen and oxygen atoms in total. The summed E-state index contributed by atoms with van der Waals surface area (Å²) < 4.78 is 16.8. The normalized spacial score (nSPS) is 12.0. The number of rotatable bonds is 51. The van der Waals surface area contributed by atoms with Crippen LogP contribution in [0.25, 0.3) is 0 Å². The lowest BCUT2D eigenvalue weighted by Gasteiger charge is -2.18. The highest BCUT2D eigenvalue weighted by Gasteiger charge is 2.19. The maximum absolute atomic E-state index is 12.8. The summed E-state index contributed by atoms with van der Waals surface area (Å²) in [6.45, 7) is 6.67. The SMILES string of the molecule is CCCCCCCC/C=C\CCCCCCCCCCCC(=O)OC[C@H](COC(=O)CCCCCCCCCCCCCCC)OC(=O)CCCCCCCCCCCCCC. The predicted molar refractivity (Wildman–Crippen MR) is 266 cm³/mol. The first kappa shape index (κ1) is 60.2. The summed E-state index contributed by atoms with van der Waals surface area (Å²) in [7, 11) is 0. The van der Waals surface area contributed by atoms with Crippen LogP contribution in [-0.2, 0) is 28.6 Å². The zero-order valence-electron chi connectivity index (χ0n) is 41.9. The summed E-state index contributed by atoms with van der Waals surface area (Å²) in [6, 6.07) is 0. The average molecular weight is 875 g/mol. The summed E-state index contributed by atoms with van der Waals surface area (Å²) in [5.41, 5.74) is 0. The Morgan fingerprint density at radius 3 is 0.806 bits per heavy atom. The molecule has 0 aliphatic carbocycles. The van der Waals surface area contributed by atoms with Gasteiger partial charge in [-0.3, -0.25) is 14.4 Å². The Kier molecular flexibility index (Phi) is 50.2. The highest BCUT2D eigenvalue weighted by Crippen LogP contribution is 2.17. The first-order valence-electron chi connectivity index (χ1n) is 27.7. The van der Waals surface area contributed by atoms with E-state index in [-0.39, 0.29) is 31.1 Å². The van der Waals surface area contributed by atoms with Gasteiger partial charge in [-0.2, -0.15) is 0 Å². The Balaban J connectivity index is 4.27. The van der Waals surface area contributed by atoms with Crippen LogP contribution in [-0.4, -0.2) is 37.2 Å². The van der Waals surface area contributed by atoms with Crippen molar-refractivity contribution < 1.29 is 28.6 Å². The van der Waals surface area contributed by atoms with E-state index in [9.17, 15) is 14.4 Å². The van der Waals surface area contributed by atoms with E-state index in [2.05, 4.69) is 32.9 Å². The van der Waals surface area contributed by atoms with Gasteiger partial charge in [0.1, 0.15) is 13.2 Å². The van der Waals surface area contributed by atoms with Gasteiger partial charge >= 0.3 is 17.9 Å². The molecule has 0 radical (unpaired) electrons. The zero-order chi connectivity index (χ0) is 45.1. The van der Waals surface area contributed by atoms with Crippen LogP contribution in [0, 0.1) is 0 Å². The van der Waals surface area contributed by atoms with Crippen LogP contribution in [0.2, 0.25) is 0 Å². The van der Waals surface area contributed by atoms with Crippen molar-refractivity contribution in [2.24, 2.45) is 0 Å². The van der Waals surface area contributed by atoms with Gasteiger partial charge in [-0.15, -0.1) is 0 Å². The van der Waals surface area contributed by atoms with E-state index in [0.717, 1.165) is 57.8 Å². The van der Waals surface area contributed by atoms with Gasteiger partial charge in [0.05, 0.1) is 0 Å². The van der Waals surface area contributed by atoms with Gasteiger partial charge in [-0.25, -0.2) is 0 Å². The number of hydrogen-bond donors (Lipinski definition) is 0. The molecule has 0 fully saturated rings. The van der Waals surface area contributed by atoms with Crippen LogP contribution in [0.15, 0.2) is 12.2 Å². The fraction of sp³-hybridized carbons (Fsp3) is 0.911. The number of allylic oxidation sites excluding steroid dienone is 2. The largest absolute Gasteiger partial charge is 0.462 e. The first-order valence-corrected chi connectivity index (χ1v) is 27.7. The fourth-order valence-corrected chi connectivity index (χ4v) is 8.32. The molecule has 0 aliphatic heterocycles. The van der Waals surface area contributed by atoms with E-state index in [0.29, 0.717) is 19.3 Å². The summed E-state index contributed by atoms with van der Waals surface area (Å²) in [4.78, 5) is 38.0. The Labute approximate surface area is 386 Å². The molecule has 0 spiro atoms. The molecule has 6 heteroatoms. The molecular formula is C56H106O6. The van der Waals surface area contributed by atoms with E-state index in [1.165, 1.54) is 212 Å². The molecular weight excluding hydrogens is 769 g/mol. The highest BCUT2D eigenvalue weighted by molar-refractivity contribution is 5.71. The van der Waals surface area contributed by atoms with E-state index in [1.807, 2.05) is 0 Å². The zero-order valence-corrected chi connectivity index (χ0v) is 41.9. The van der Waals surface area contributed by atoms with Crippen molar-refractivity contribution in [2.45, 2.75) is 316 Å². The van der Waals surface area contributed by atoms with E-state index in [1.54, 1.807) is 0 Å². The van der Waals surface area contributed by atoms with E-state index in [4.69, 9.17) is 14.2 Å². The minimum atomic E-state index is -0.763. The van der Waals surface area contributed by atoms with Crippen LogP contribution < -0.4 is 0 Å². The Morgan fingerprint density at radius 1 is 0.306 bits per heavy atom. The standard InChI is InChI=1S/C56H106O6/c1-4-7-10-13-16-19-22-25-26-27-28-29-30-32-35-37-40-43-46-49-55(58)61-52-53(62-56(59)50-47-44-41-38-33-24-21-18-15-12-9-6-3)51-60-54(57)48-45-42-39-36-34-31-23-20-17-14-11-8-5-2/h25-26,53H,4-24,27-52H2,1-3H3/b26-25-/t53-/m0/s1. The summed E-state index contributed by atoms with van der Waals surface area (Å²) in [6.07, 6.45) is 57.7. The Hall–Kier alpha value is -1.85. The van der Waals surface area contributed by atoms with Crippen molar-refractivity contribution in [3.63, 3.8) is 0 Å². The molecule has 0 amide bonds. The minimum Gasteiger partial charge on any atom is -0.462 e. The molecule has 0 bridgehead atoms. The molecule has 0 unspecified atom stereocenters. The molecule has 0 saturated carbocycles. The molecule has 0 aromatic rings. The Bertz CT molecular complexity index is 962. The molecule has 0 N–H and O–H groups in total. The third-order valence-corrected chi connectivity index (χ3v) is 12.5. The van der Waals surface area contributed by atoms with Crippen molar-refractivity contribution in [3.8, 4) is 0 Å². The van der Waals surface area contributed by atoms with Crippen molar-refractivity contribution in [1.82, 2.24) is 0 Å². The van der Waals surface area contributed by atoms with Crippen molar-refractivity contribution in [3.05, 3.63) is 12.2 Å². The smallest absolute Gasteiger partial charge is 0.306 e. The fourth-order valence-electron chi connectivity index (χ4n) is 8.32. The topological polar surface area (TPSA) is 78.9 Å². The number of hydrogen-bond acceptors (Lipinski definition) is 6. The Morgan fingerprint density at radius 2 is 0.532 bits per heavy atom. The minimum absolute atomic E-state index is 0.0648. The molecule has 0 heterocycles. The van der Waals surface area contributed by atoms with Gasteiger partial charge in [0.15, 0.2) is 6.10 Å². The number of esters is 3. The van der Waals surface area contributed by atoms with Gasteiger partial charge in [-0.05, 0) is 44.9 Å². The van der Waals surface area contributed by atoms with Crippen LogP contribution in [0.5, 0.6) is 0 Å². The lowest BCUT2D eigenvalue weighted by atomic mass is 10.0. The van der Waals surface area contributed by atoms with Gasteiger partial charge in [0.2, 0.25) is 0 Å². The van der Waals surface area contributed by atoms with Crippen molar-refractivity contribution >= 4 is 17.9 Å². The first-order chi connectivity index (χ1) is 30.5. The van der Waals surface area contributed by atoms with E-state index >= 15 is 0 Å². The molecule has 0 aromatic heterocycles. The molecule has 366 valence electrons. The highest BCUT2D eigenvalue weighted by atomic mass is 16.6. The molecule has 0 rings (SSSR count). The summed E-state index contributed by atoms with van der Waals surface area (Å²) in [5.74, 6) is -0.847. The third kappa shape index (κ3) is 49.2. The van der Waals surface area contributed by atoms with Gasteiger partial charge in [0, 0.05) is 19.3 Å². The summed E-state index contributed by atoms with van der Waals surface area (Å²) in [5, 5.41) is 0. The van der Waals surface area contributed by atoms with E-state index < -0.39 is 6.10 Å². The monoisotopic (exact) mass is 875 g/mol. The second kappa shape index (κ2) is 51.8. The third-order valence-electron chi connectivity index (χ3n) is 12.5. The predicted octanol–water partition coefficient (Wildman–Crippen LogP) is 18.2. The van der Waals surface area contributed by atoms with Gasteiger partial charge in [-0.1, -0.05) is 258 Å². The van der Waals surface area contributed by atoms with Gasteiger partial charge in [0.25, 0.3) is 0 Å². The summed E-state index contributed by atoms with van der Waals surface area (Å²) >= 11 is 0. The molecule has 0 aromatic carbocycles. The van der Waals surface area contributed by atoms with Crippen LogP contribution in [0.4, 0.5) is 0 Å². The number of carbonyl (C=O) groups excluding carboxylic acids is 3.